The number of hydrogen-bond acceptors (Lipinski definition) is 7. The second-order valence-electron chi connectivity index (χ2n) is 8.90. The molecule has 1 amide bonds. The van der Waals surface area contributed by atoms with E-state index in [1.54, 1.807) is 6.92 Å². The first-order valence-electron chi connectivity index (χ1n) is 10.5. The minimum Gasteiger partial charge on any atom is -0.418 e. The Morgan fingerprint density at radius 3 is 2.48 bits per heavy atom. The Morgan fingerprint density at radius 2 is 1.85 bits per heavy atom. The predicted octanol–water partition coefficient (Wildman–Crippen LogP) is 2.76. The van der Waals surface area contributed by atoms with Gasteiger partial charge in [-0.15, -0.1) is 10.2 Å². The Labute approximate surface area is 190 Å². The Balaban J connectivity index is 1.59. The van der Waals surface area contributed by atoms with E-state index in [4.69, 9.17) is 4.42 Å². The van der Waals surface area contributed by atoms with Crippen molar-refractivity contribution in [1.29, 1.82) is 0 Å². The fourth-order valence-corrected chi connectivity index (χ4v) is 3.02. The van der Waals surface area contributed by atoms with Crippen LogP contribution < -0.4 is 10.9 Å². The maximum atomic E-state index is 13.2. The highest BCUT2D eigenvalue weighted by Crippen LogP contribution is 2.21. The maximum Gasteiger partial charge on any atom is 0.284 e. The fraction of sp³-hybridized carbons (Fsp3) is 0.391. The molecule has 3 rings (SSSR count). The SMILES string of the molecule is C[C@H](CNC(=O)Cn1c(-c2ccc(F)cc2)nccc1=O)CC(=O)c1nnc(C(C)(C)C)o1. The van der Waals surface area contributed by atoms with E-state index in [1.165, 1.54) is 41.1 Å². The number of rotatable bonds is 8. The summed E-state index contributed by atoms with van der Waals surface area (Å²) >= 11 is 0. The summed E-state index contributed by atoms with van der Waals surface area (Å²) in [6.45, 7) is 7.47. The molecule has 33 heavy (non-hydrogen) atoms. The molecule has 1 N–H and O–H groups in total. The van der Waals surface area contributed by atoms with Crippen LogP contribution in [0.3, 0.4) is 0 Å². The monoisotopic (exact) mass is 455 g/mol. The number of benzene rings is 1. The van der Waals surface area contributed by atoms with Crippen LogP contribution in [0.15, 0.2) is 45.7 Å². The molecule has 0 aliphatic heterocycles. The van der Waals surface area contributed by atoms with Crippen LogP contribution in [-0.4, -0.2) is 38.0 Å². The largest absolute Gasteiger partial charge is 0.418 e. The lowest BCUT2D eigenvalue weighted by Gasteiger charge is -2.14. The van der Waals surface area contributed by atoms with Crippen molar-refractivity contribution in [2.45, 2.75) is 46.1 Å². The molecule has 3 aromatic rings. The van der Waals surface area contributed by atoms with Crippen molar-refractivity contribution >= 4 is 11.7 Å². The van der Waals surface area contributed by atoms with Gasteiger partial charge in [-0.1, -0.05) is 27.7 Å². The topological polar surface area (TPSA) is 120 Å². The first kappa shape index (κ1) is 24.0. The Bertz CT molecular complexity index is 1190. The van der Waals surface area contributed by atoms with Crippen molar-refractivity contribution in [2.75, 3.05) is 6.54 Å². The summed E-state index contributed by atoms with van der Waals surface area (Å²) < 4.78 is 19.9. The smallest absolute Gasteiger partial charge is 0.284 e. The van der Waals surface area contributed by atoms with E-state index >= 15 is 0 Å². The number of carbonyl (C=O) groups is 2. The summed E-state index contributed by atoms with van der Waals surface area (Å²) in [5.41, 5.74) is -0.258. The Kier molecular flexibility index (Phi) is 7.15. The van der Waals surface area contributed by atoms with Crippen molar-refractivity contribution in [3.63, 3.8) is 0 Å². The van der Waals surface area contributed by atoms with Crippen LogP contribution in [0, 0.1) is 11.7 Å². The summed E-state index contributed by atoms with van der Waals surface area (Å²) in [6, 6.07) is 6.73. The van der Waals surface area contributed by atoms with Crippen molar-refractivity contribution in [3.8, 4) is 11.4 Å². The molecule has 10 heteroatoms. The first-order chi connectivity index (χ1) is 15.5. The molecule has 1 atom stereocenters. The molecule has 0 spiro atoms. The third-order valence-electron chi connectivity index (χ3n) is 4.83. The molecule has 0 bridgehead atoms. The highest BCUT2D eigenvalue weighted by Gasteiger charge is 2.24. The first-order valence-corrected chi connectivity index (χ1v) is 10.5. The number of Topliss-reactive ketones (excluding diaryl/α,β-unsaturated/α-hetero) is 1. The van der Waals surface area contributed by atoms with Gasteiger partial charge in [0.25, 0.3) is 11.4 Å². The fourth-order valence-electron chi connectivity index (χ4n) is 3.02. The lowest BCUT2D eigenvalue weighted by molar-refractivity contribution is -0.121. The van der Waals surface area contributed by atoms with E-state index < -0.39 is 17.3 Å². The van der Waals surface area contributed by atoms with E-state index in [-0.39, 0.29) is 48.3 Å². The minimum absolute atomic E-state index is 0.0519. The molecule has 2 heterocycles. The number of nitrogens with zero attached hydrogens (tertiary/aromatic N) is 4. The van der Waals surface area contributed by atoms with Crippen LogP contribution in [0.5, 0.6) is 0 Å². The molecule has 0 unspecified atom stereocenters. The van der Waals surface area contributed by atoms with Crippen LogP contribution >= 0.6 is 0 Å². The third-order valence-corrected chi connectivity index (χ3v) is 4.83. The van der Waals surface area contributed by atoms with Gasteiger partial charge in [0, 0.05) is 36.2 Å². The van der Waals surface area contributed by atoms with Gasteiger partial charge in [0.1, 0.15) is 18.2 Å². The van der Waals surface area contributed by atoms with Gasteiger partial charge in [0.2, 0.25) is 17.6 Å². The Hall–Kier alpha value is -3.69. The normalized spacial score (nSPS) is 12.4. The molecule has 0 fully saturated rings. The summed E-state index contributed by atoms with van der Waals surface area (Å²) in [6.07, 6.45) is 1.45. The van der Waals surface area contributed by atoms with Gasteiger partial charge >= 0.3 is 0 Å². The van der Waals surface area contributed by atoms with Gasteiger partial charge in [-0.2, -0.15) is 0 Å². The van der Waals surface area contributed by atoms with Gasteiger partial charge in [-0.3, -0.25) is 19.0 Å². The average Bonchev–Trinajstić information content (AvgIpc) is 3.26. The Morgan fingerprint density at radius 1 is 1.15 bits per heavy atom. The predicted molar refractivity (Wildman–Crippen MR) is 118 cm³/mol. The van der Waals surface area contributed by atoms with Gasteiger partial charge in [0.05, 0.1) is 0 Å². The molecular weight excluding hydrogens is 429 g/mol. The zero-order chi connectivity index (χ0) is 24.2. The number of nitrogens with one attached hydrogen (secondary N) is 1. The lowest BCUT2D eigenvalue weighted by Crippen LogP contribution is -2.35. The summed E-state index contributed by atoms with van der Waals surface area (Å²) in [5.74, 6) is -0.752. The van der Waals surface area contributed by atoms with Crippen molar-refractivity contribution in [1.82, 2.24) is 25.1 Å². The lowest BCUT2D eigenvalue weighted by atomic mass is 9.97. The van der Waals surface area contributed by atoms with Gasteiger partial charge in [-0.05, 0) is 30.2 Å². The molecule has 9 nitrogen and oxygen atoms in total. The van der Waals surface area contributed by atoms with Crippen molar-refractivity contribution in [3.05, 3.63) is 64.5 Å². The molecule has 0 saturated carbocycles. The van der Waals surface area contributed by atoms with E-state index in [0.29, 0.717) is 11.5 Å². The van der Waals surface area contributed by atoms with Crippen LogP contribution in [0.1, 0.15) is 50.7 Å². The molecule has 0 aliphatic carbocycles. The average molecular weight is 455 g/mol. The van der Waals surface area contributed by atoms with Crippen LogP contribution in [0.2, 0.25) is 0 Å². The van der Waals surface area contributed by atoms with Gasteiger partial charge in [-0.25, -0.2) is 9.37 Å². The minimum atomic E-state index is -0.417. The molecule has 2 aromatic heterocycles. The van der Waals surface area contributed by atoms with E-state index in [9.17, 15) is 18.8 Å². The van der Waals surface area contributed by atoms with E-state index in [2.05, 4.69) is 20.5 Å². The number of ketones is 1. The zero-order valence-corrected chi connectivity index (χ0v) is 19.0. The standard InChI is InChI=1S/C23H26FN5O4/c1-14(11-17(30)21-27-28-22(33-21)23(2,3)4)12-26-18(31)13-29-19(32)9-10-25-20(29)15-5-7-16(24)8-6-15/h5-10,14H,11-13H2,1-4H3,(H,26,31)/t14-/m0/s1. The quantitative estimate of drug-likeness (QED) is 0.519. The molecule has 0 radical (unpaired) electrons. The number of aromatic nitrogens is 4. The summed E-state index contributed by atoms with van der Waals surface area (Å²) in [7, 11) is 0. The summed E-state index contributed by atoms with van der Waals surface area (Å²) in [5, 5.41) is 10.5. The van der Waals surface area contributed by atoms with Crippen LogP contribution in [0.4, 0.5) is 4.39 Å². The van der Waals surface area contributed by atoms with Crippen LogP contribution in [-0.2, 0) is 16.8 Å². The number of halogens is 1. The van der Waals surface area contributed by atoms with Crippen LogP contribution in [0.25, 0.3) is 11.4 Å². The second kappa shape index (κ2) is 9.85. The number of amides is 1. The van der Waals surface area contributed by atoms with E-state index in [0.717, 1.165) is 0 Å². The molecule has 0 saturated heterocycles. The van der Waals surface area contributed by atoms with Gasteiger partial charge < -0.3 is 9.73 Å². The van der Waals surface area contributed by atoms with Gasteiger partial charge in [0.15, 0.2) is 0 Å². The highest BCUT2D eigenvalue weighted by molar-refractivity contribution is 5.91. The number of hydrogen-bond donors (Lipinski definition) is 1. The molecule has 174 valence electrons. The summed E-state index contributed by atoms with van der Waals surface area (Å²) in [4.78, 5) is 41.4. The third kappa shape index (κ3) is 6.18. The zero-order valence-electron chi connectivity index (χ0n) is 19.0. The second-order valence-corrected chi connectivity index (χ2v) is 8.90. The van der Waals surface area contributed by atoms with E-state index in [1.807, 2.05) is 20.8 Å². The molecule has 0 aliphatic rings. The van der Waals surface area contributed by atoms with Crippen molar-refractivity contribution < 1.29 is 18.4 Å². The number of carbonyl (C=O) groups excluding carboxylic acids is 2. The maximum absolute atomic E-state index is 13.2. The highest BCUT2D eigenvalue weighted by atomic mass is 19.1. The molecular formula is C23H26FN5O4. The van der Waals surface area contributed by atoms with Crippen molar-refractivity contribution in [2.24, 2.45) is 5.92 Å². The molecule has 1 aromatic carbocycles.